The highest BCUT2D eigenvalue weighted by Crippen LogP contribution is 2.39. The topological polar surface area (TPSA) is 35.8 Å². The summed E-state index contributed by atoms with van der Waals surface area (Å²) in [4.78, 5) is 4.52. The fourth-order valence-corrected chi connectivity index (χ4v) is 4.52. The van der Waals surface area contributed by atoms with E-state index in [1.54, 1.807) is 14.2 Å². The van der Waals surface area contributed by atoms with E-state index in [2.05, 4.69) is 57.9 Å². The minimum atomic E-state index is 0.853. The lowest BCUT2D eigenvalue weighted by Crippen LogP contribution is -1.97. The number of ether oxygens (including phenoxy) is 2. The summed E-state index contributed by atoms with van der Waals surface area (Å²) in [6.07, 6.45) is 3.89. The van der Waals surface area contributed by atoms with Crippen molar-refractivity contribution in [2.75, 3.05) is 14.2 Å². The molecule has 0 saturated carbocycles. The van der Waals surface area contributed by atoms with E-state index in [0.717, 1.165) is 33.4 Å². The fourth-order valence-electron chi connectivity index (χ4n) is 4.52. The molecule has 4 heterocycles. The third-order valence-electron chi connectivity index (χ3n) is 6.03. The van der Waals surface area contributed by atoms with E-state index in [0.29, 0.717) is 0 Å². The molecule has 0 fully saturated rings. The molecular formula is C27H20N2O2. The minimum absolute atomic E-state index is 0.853. The van der Waals surface area contributed by atoms with Gasteiger partial charge in [-0.2, -0.15) is 0 Å². The summed E-state index contributed by atoms with van der Waals surface area (Å²) in [6.45, 7) is 0. The van der Waals surface area contributed by atoms with E-state index in [1.165, 1.54) is 27.7 Å². The Morgan fingerprint density at radius 2 is 1.06 bits per heavy atom. The number of rotatable bonds is 4. The van der Waals surface area contributed by atoms with Gasteiger partial charge in [0, 0.05) is 34.3 Å². The normalized spacial score (nSPS) is 11.5. The van der Waals surface area contributed by atoms with Crippen molar-refractivity contribution in [1.82, 2.24) is 9.38 Å². The highest BCUT2D eigenvalue weighted by Gasteiger charge is 2.17. The van der Waals surface area contributed by atoms with Gasteiger partial charge in [-0.25, -0.2) is 0 Å². The number of hydrogen-bond acceptors (Lipinski definition) is 3. The van der Waals surface area contributed by atoms with Crippen LogP contribution in [-0.4, -0.2) is 23.6 Å². The van der Waals surface area contributed by atoms with Gasteiger partial charge >= 0.3 is 0 Å². The van der Waals surface area contributed by atoms with Crippen molar-refractivity contribution >= 4 is 27.3 Å². The lowest BCUT2D eigenvalue weighted by Gasteiger charge is -2.16. The first-order chi connectivity index (χ1) is 15.3. The molecule has 0 atom stereocenters. The Morgan fingerprint density at radius 1 is 0.613 bits per heavy atom. The monoisotopic (exact) mass is 404 g/mol. The Hall–Kier alpha value is -4.05. The van der Waals surface area contributed by atoms with Gasteiger partial charge in [-0.3, -0.25) is 4.98 Å². The van der Waals surface area contributed by atoms with Crippen molar-refractivity contribution in [3.63, 3.8) is 0 Å². The zero-order valence-corrected chi connectivity index (χ0v) is 17.3. The number of hydrogen-bond donors (Lipinski definition) is 0. The summed E-state index contributed by atoms with van der Waals surface area (Å²) in [5.74, 6) is 1.71. The van der Waals surface area contributed by atoms with E-state index in [9.17, 15) is 0 Å². The number of methoxy groups -OCH3 is 2. The third-order valence-corrected chi connectivity index (χ3v) is 6.03. The van der Waals surface area contributed by atoms with Gasteiger partial charge in [0.1, 0.15) is 11.5 Å². The number of nitrogens with zero attached hydrogens (tertiary/aromatic N) is 2. The van der Waals surface area contributed by atoms with Crippen molar-refractivity contribution < 1.29 is 9.47 Å². The summed E-state index contributed by atoms with van der Waals surface area (Å²) < 4.78 is 13.0. The second-order valence-corrected chi connectivity index (χ2v) is 7.68. The van der Waals surface area contributed by atoms with Crippen LogP contribution in [0.3, 0.4) is 0 Å². The van der Waals surface area contributed by atoms with E-state index in [-0.39, 0.29) is 0 Å². The number of aromatic nitrogens is 2. The highest BCUT2D eigenvalue weighted by molar-refractivity contribution is 6.07. The van der Waals surface area contributed by atoms with Crippen LogP contribution < -0.4 is 9.47 Å². The average Bonchev–Trinajstić information content (AvgIpc) is 3.28. The van der Waals surface area contributed by atoms with Gasteiger partial charge in [0.15, 0.2) is 0 Å². The van der Waals surface area contributed by atoms with Gasteiger partial charge in [0.05, 0.1) is 30.8 Å². The van der Waals surface area contributed by atoms with Crippen molar-refractivity contribution in [3.8, 4) is 33.8 Å². The Morgan fingerprint density at radius 3 is 1.48 bits per heavy atom. The first kappa shape index (κ1) is 17.8. The first-order valence-electron chi connectivity index (χ1n) is 10.2. The molecule has 0 aliphatic rings. The van der Waals surface area contributed by atoms with Crippen LogP contribution in [0.2, 0.25) is 0 Å². The summed E-state index contributed by atoms with van der Waals surface area (Å²) in [7, 11) is 3.38. The standard InChI is InChI=1S/C27H20N2O2/c1-30-21-7-3-17(4-8-21)23-13-19-15-28-16-20-14-24(18-5-9-22(31-2)10-6-18)26-12-11-25(23)29(26)27(19)20/h3-16H,1-2H3. The Labute approximate surface area is 179 Å². The maximum atomic E-state index is 5.34. The zero-order chi connectivity index (χ0) is 20.9. The second kappa shape index (κ2) is 6.74. The quantitative estimate of drug-likeness (QED) is 0.340. The van der Waals surface area contributed by atoms with Crippen LogP contribution in [0.5, 0.6) is 11.5 Å². The Kier molecular flexibility index (Phi) is 3.87. The van der Waals surface area contributed by atoms with Crippen LogP contribution in [0.4, 0.5) is 0 Å². The maximum absolute atomic E-state index is 5.34. The highest BCUT2D eigenvalue weighted by atomic mass is 16.5. The van der Waals surface area contributed by atoms with E-state index < -0.39 is 0 Å². The molecule has 0 amide bonds. The molecule has 31 heavy (non-hydrogen) atoms. The predicted molar refractivity (Wildman–Crippen MR) is 125 cm³/mol. The van der Waals surface area contributed by atoms with Crippen LogP contribution in [0.25, 0.3) is 49.6 Å². The predicted octanol–water partition coefficient (Wildman–Crippen LogP) is 6.43. The molecule has 0 unspecified atom stereocenters. The summed E-state index contributed by atoms with van der Waals surface area (Å²) in [5, 5.41) is 2.25. The van der Waals surface area contributed by atoms with Gasteiger partial charge in [-0.05, 0) is 59.7 Å². The SMILES string of the molecule is COc1ccc(-c2cc3cncc4cc(-c5ccc(OC)cc5)c5ccc2n5c34)cc1. The summed E-state index contributed by atoms with van der Waals surface area (Å²) in [5.41, 5.74) is 8.21. The average molecular weight is 404 g/mol. The molecule has 0 radical (unpaired) electrons. The molecule has 0 bridgehead atoms. The van der Waals surface area contributed by atoms with Crippen molar-refractivity contribution in [3.05, 3.63) is 85.2 Å². The molecule has 4 nitrogen and oxygen atoms in total. The minimum Gasteiger partial charge on any atom is -0.497 e. The Balaban J connectivity index is 1.67. The molecule has 150 valence electrons. The van der Waals surface area contributed by atoms with Crippen molar-refractivity contribution in [2.45, 2.75) is 0 Å². The molecule has 4 heteroatoms. The van der Waals surface area contributed by atoms with Crippen LogP contribution >= 0.6 is 0 Å². The zero-order valence-electron chi connectivity index (χ0n) is 17.3. The van der Waals surface area contributed by atoms with Crippen molar-refractivity contribution in [2.24, 2.45) is 0 Å². The molecular weight excluding hydrogens is 384 g/mol. The van der Waals surface area contributed by atoms with Gasteiger partial charge in [0.2, 0.25) is 0 Å². The van der Waals surface area contributed by atoms with Crippen LogP contribution in [0, 0.1) is 0 Å². The number of benzene rings is 2. The molecule has 0 aliphatic carbocycles. The second-order valence-electron chi connectivity index (χ2n) is 7.68. The molecule has 0 N–H and O–H groups in total. The first-order valence-corrected chi connectivity index (χ1v) is 10.2. The van der Waals surface area contributed by atoms with Gasteiger partial charge in [0.25, 0.3) is 0 Å². The van der Waals surface area contributed by atoms with E-state index in [1.807, 2.05) is 36.7 Å². The third kappa shape index (κ3) is 2.65. The summed E-state index contributed by atoms with van der Waals surface area (Å²) in [6, 6.07) is 25.3. The van der Waals surface area contributed by atoms with Gasteiger partial charge < -0.3 is 13.9 Å². The largest absolute Gasteiger partial charge is 0.497 e. The van der Waals surface area contributed by atoms with E-state index >= 15 is 0 Å². The number of pyridine rings is 3. The molecule has 0 saturated heterocycles. The van der Waals surface area contributed by atoms with Crippen LogP contribution in [0.1, 0.15) is 0 Å². The lowest BCUT2D eigenvalue weighted by atomic mass is 10.00. The molecule has 6 aromatic rings. The molecule has 4 aromatic heterocycles. The summed E-state index contributed by atoms with van der Waals surface area (Å²) >= 11 is 0. The smallest absolute Gasteiger partial charge is 0.118 e. The molecule has 6 rings (SSSR count). The lowest BCUT2D eigenvalue weighted by molar-refractivity contribution is 0.415. The maximum Gasteiger partial charge on any atom is 0.118 e. The van der Waals surface area contributed by atoms with Crippen LogP contribution in [-0.2, 0) is 0 Å². The Bertz CT molecular complexity index is 1420. The van der Waals surface area contributed by atoms with Crippen LogP contribution in [0.15, 0.2) is 85.2 Å². The molecule has 0 aliphatic heterocycles. The van der Waals surface area contributed by atoms with Gasteiger partial charge in [-0.1, -0.05) is 24.3 Å². The fraction of sp³-hybridized carbons (Fsp3) is 0.0741. The van der Waals surface area contributed by atoms with Gasteiger partial charge in [-0.15, -0.1) is 0 Å². The molecule has 0 spiro atoms. The molecule has 2 aromatic carbocycles. The van der Waals surface area contributed by atoms with Crippen molar-refractivity contribution in [1.29, 1.82) is 0 Å². The van der Waals surface area contributed by atoms with E-state index in [4.69, 9.17) is 9.47 Å².